The lowest BCUT2D eigenvalue weighted by Crippen LogP contribution is -2.57. The van der Waals surface area contributed by atoms with Gasteiger partial charge in [0.05, 0.1) is 12.0 Å². The molecule has 20 heavy (non-hydrogen) atoms. The molecule has 1 aliphatic rings. The number of nitrogens with zero attached hydrogens (tertiary/aromatic N) is 4. The van der Waals surface area contributed by atoms with E-state index in [9.17, 15) is 14.9 Å². The summed E-state index contributed by atoms with van der Waals surface area (Å²) in [6.07, 6.45) is 1.15. The van der Waals surface area contributed by atoms with Crippen molar-refractivity contribution in [2.75, 3.05) is 31.6 Å². The summed E-state index contributed by atoms with van der Waals surface area (Å²) in [7, 11) is 1.28. The van der Waals surface area contributed by atoms with Gasteiger partial charge in [0, 0.05) is 19.6 Å². The summed E-state index contributed by atoms with van der Waals surface area (Å²) in [4.78, 5) is 31.2. The minimum absolute atomic E-state index is 0.0344. The number of hydrogen-bond acceptors (Lipinski definition) is 8. The predicted molar refractivity (Wildman–Crippen MR) is 68.4 cm³/mol. The number of aromatic nitrogens is 2. The number of nitrogens with two attached hydrogens (primary N) is 1. The van der Waals surface area contributed by atoms with E-state index in [0.717, 1.165) is 6.33 Å². The van der Waals surface area contributed by atoms with Crippen LogP contribution in [0.2, 0.25) is 0 Å². The monoisotopic (exact) mass is 282 g/mol. The first-order valence-electron chi connectivity index (χ1n) is 5.86. The molecule has 0 spiro atoms. The Balaban J connectivity index is 2.50. The average Bonchev–Trinajstić information content (AvgIpc) is 2.46. The highest BCUT2D eigenvalue weighted by Crippen LogP contribution is 2.34. The summed E-state index contributed by atoms with van der Waals surface area (Å²) in [6, 6.07) is -0.706. The number of nitrogens with one attached hydrogen (secondary N) is 1. The van der Waals surface area contributed by atoms with E-state index in [1.807, 2.05) is 0 Å². The zero-order valence-electron chi connectivity index (χ0n) is 10.8. The lowest BCUT2D eigenvalue weighted by atomic mass is 10.1. The Labute approximate surface area is 114 Å². The quantitative estimate of drug-likeness (QED) is 0.511. The molecule has 10 heteroatoms. The molecule has 1 atom stereocenters. The molecule has 2 rings (SSSR count). The van der Waals surface area contributed by atoms with Gasteiger partial charge >= 0.3 is 5.69 Å². The first-order chi connectivity index (χ1) is 9.56. The number of ether oxygens (including phenoxy) is 1. The molecule has 0 aromatic carbocycles. The summed E-state index contributed by atoms with van der Waals surface area (Å²) in [5, 5.41) is 14.2. The van der Waals surface area contributed by atoms with Crippen LogP contribution in [0.5, 0.6) is 5.88 Å². The second kappa shape index (κ2) is 5.65. The van der Waals surface area contributed by atoms with Crippen molar-refractivity contribution in [1.82, 2.24) is 15.3 Å². The molecule has 108 valence electrons. The topological polar surface area (TPSA) is 137 Å². The maximum atomic E-state index is 11.5. The van der Waals surface area contributed by atoms with Crippen molar-refractivity contribution < 1.29 is 14.5 Å². The fourth-order valence-corrected chi connectivity index (χ4v) is 2.09. The van der Waals surface area contributed by atoms with Crippen LogP contribution in [0.1, 0.15) is 0 Å². The van der Waals surface area contributed by atoms with Gasteiger partial charge in [-0.05, 0) is 0 Å². The van der Waals surface area contributed by atoms with Gasteiger partial charge in [0.25, 0.3) is 5.88 Å². The average molecular weight is 282 g/mol. The smallest absolute Gasteiger partial charge is 0.372 e. The van der Waals surface area contributed by atoms with Gasteiger partial charge in [-0.3, -0.25) is 14.9 Å². The Morgan fingerprint density at radius 3 is 3.00 bits per heavy atom. The van der Waals surface area contributed by atoms with Crippen molar-refractivity contribution in [1.29, 1.82) is 0 Å². The number of piperazine rings is 1. The van der Waals surface area contributed by atoms with E-state index in [0.29, 0.717) is 19.6 Å². The molecule has 1 aromatic rings. The van der Waals surface area contributed by atoms with E-state index in [2.05, 4.69) is 15.3 Å². The highest BCUT2D eigenvalue weighted by molar-refractivity contribution is 5.85. The van der Waals surface area contributed by atoms with Crippen molar-refractivity contribution in [3.63, 3.8) is 0 Å². The van der Waals surface area contributed by atoms with Crippen molar-refractivity contribution >= 4 is 17.4 Å². The van der Waals surface area contributed by atoms with E-state index in [1.165, 1.54) is 12.0 Å². The number of nitro groups is 1. The van der Waals surface area contributed by atoms with E-state index >= 15 is 0 Å². The van der Waals surface area contributed by atoms with Gasteiger partial charge < -0.3 is 20.7 Å². The molecule has 10 nitrogen and oxygen atoms in total. The van der Waals surface area contributed by atoms with Gasteiger partial charge in [-0.1, -0.05) is 0 Å². The third kappa shape index (κ3) is 2.45. The van der Waals surface area contributed by atoms with E-state index in [1.54, 1.807) is 0 Å². The van der Waals surface area contributed by atoms with Crippen molar-refractivity contribution in [2.45, 2.75) is 6.04 Å². The standard InChI is InChI=1S/C10H14N6O4/c1-20-10-7(16(18)19)9(13-5-14-10)15-3-2-12-4-6(15)8(11)17/h5-6,12H,2-4H2,1H3,(H2,11,17). The maximum absolute atomic E-state index is 11.5. The largest absolute Gasteiger partial charge is 0.476 e. The molecule has 0 saturated carbocycles. The molecule has 0 bridgehead atoms. The van der Waals surface area contributed by atoms with Gasteiger partial charge in [0.15, 0.2) is 0 Å². The summed E-state index contributed by atoms with van der Waals surface area (Å²) in [5.41, 5.74) is 4.95. The summed E-state index contributed by atoms with van der Waals surface area (Å²) in [6.45, 7) is 1.24. The molecule has 0 aliphatic carbocycles. The lowest BCUT2D eigenvalue weighted by molar-refractivity contribution is -0.385. The number of carbonyl (C=O) groups excluding carboxylic acids is 1. The Morgan fingerprint density at radius 1 is 1.65 bits per heavy atom. The minimum atomic E-state index is -0.706. The van der Waals surface area contributed by atoms with Gasteiger partial charge in [-0.15, -0.1) is 0 Å². The Bertz CT molecular complexity index is 536. The van der Waals surface area contributed by atoms with Crippen LogP contribution in [-0.2, 0) is 4.79 Å². The maximum Gasteiger partial charge on any atom is 0.372 e. The normalized spacial score (nSPS) is 18.6. The van der Waals surface area contributed by atoms with Crippen LogP contribution in [0.15, 0.2) is 6.33 Å². The van der Waals surface area contributed by atoms with Gasteiger partial charge in [0.1, 0.15) is 12.4 Å². The second-order valence-electron chi connectivity index (χ2n) is 4.13. The molecule has 3 N–H and O–H groups in total. The molecule has 1 aliphatic heterocycles. The molecule has 2 heterocycles. The van der Waals surface area contributed by atoms with Crippen LogP contribution in [0.4, 0.5) is 11.5 Å². The number of carbonyl (C=O) groups is 1. The van der Waals surface area contributed by atoms with Crippen LogP contribution in [0.3, 0.4) is 0 Å². The van der Waals surface area contributed by atoms with Crippen LogP contribution in [-0.4, -0.2) is 53.6 Å². The molecule has 0 radical (unpaired) electrons. The second-order valence-corrected chi connectivity index (χ2v) is 4.13. The molecular formula is C10H14N6O4. The van der Waals surface area contributed by atoms with Crippen LogP contribution in [0.25, 0.3) is 0 Å². The van der Waals surface area contributed by atoms with Gasteiger partial charge in [-0.25, -0.2) is 4.98 Å². The number of primary amides is 1. The van der Waals surface area contributed by atoms with E-state index in [-0.39, 0.29) is 17.4 Å². The van der Waals surface area contributed by atoms with Crippen molar-refractivity contribution in [3.8, 4) is 5.88 Å². The summed E-state index contributed by atoms with van der Waals surface area (Å²) >= 11 is 0. The van der Waals surface area contributed by atoms with Gasteiger partial charge in [0.2, 0.25) is 11.7 Å². The molecule has 1 fully saturated rings. The van der Waals surface area contributed by atoms with Crippen LogP contribution < -0.4 is 20.7 Å². The van der Waals surface area contributed by atoms with Crippen LogP contribution >= 0.6 is 0 Å². The van der Waals surface area contributed by atoms with Crippen molar-refractivity contribution in [2.24, 2.45) is 5.73 Å². The lowest BCUT2D eigenvalue weighted by Gasteiger charge is -2.34. The van der Waals surface area contributed by atoms with Crippen LogP contribution in [0, 0.1) is 10.1 Å². The minimum Gasteiger partial charge on any atom is -0.476 e. The Hall–Kier alpha value is -2.49. The Kier molecular flexibility index (Phi) is 3.94. The molecule has 1 saturated heterocycles. The summed E-state index contributed by atoms with van der Waals surface area (Å²) in [5.74, 6) is -0.696. The van der Waals surface area contributed by atoms with Crippen molar-refractivity contribution in [3.05, 3.63) is 16.4 Å². The first kappa shape index (κ1) is 13.9. The number of amides is 1. The SMILES string of the molecule is COc1ncnc(N2CCNCC2C(N)=O)c1[N+](=O)[O-]. The molecular weight excluding hydrogens is 268 g/mol. The fraction of sp³-hybridized carbons (Fsp3) is 0.500. The van der Waals surface area contributed by atoms with Gasteiger partial charge in [-0.2, -0.15) is 4.98 Å². The molecule has 1 amide bonds. The zero-order valence-corrected chi connectivity index (χ0v) is 10.8. The third-order valence-electron chi connectivity index (χ3n) is 2.99. The molecule has 1 unspecified atom stereocenters. The number of methoxy groups -OCH3 is 1. The number of anilines is 1. The highest BCUT2D eigenvalue weighted by Gasteiger charge is 2.35. The Morgan fingerprint density at radius 2 is 2.40 bits per heavy atom. The third-order valence-corrected chi connectivity index (χ3v) is 2.99. The molecule has 1 aromatic heterocycles. The number of rotatable bonds is 4. The number of hydrogen-bond donors (Lipinski definition) is 2. The predicted octanol–water partition coefficient (Wildman–Crippen LogP) is -1.34. The van der Waals surface area contributed by atoms with E-state index in [4.69, 9.17) is 10.5 Å². The highest BCUT2D eigenvalue weighted by atomic mass is 16.6. The first-order valence-corrected chi connectivity index (χ1v) is 5.86. The zero-order chi connectivity index (χ0) is 14.7. The summed E-state index contributed by atoms with van der Waals surface area (Å²) < 4.78 is 4.88. The fourth-order valence-electron chi connectivity index (χ4n) is 2.09. The van der Waals surface area contributed by atoms with E-state index < -0.39 is 16.9 Å².